The van der Waals surface area contributed by atoms with Crippen LogP contribution >= 0.6 is 11.8 Å². The van der Waals surface area contributed by atoms with Crippen LogP contribution in [0.2, 0.25) is 0 Å². The first-order valence-electron chi connectivity index (χ1n) is 10.8. The Bertz CT molecular complexity index is 1240. The minimum atomic E-state index is -0.489. The Kier molecular flexibility index (Phi) is 6.93. The maximum absolute atomic E-state index is 12.6. The number of carbonyl (C=O) groups excluding carboxylic acids is 3. The van der Waals surface area contributed by atoms with E-state index in [9.17, 15) is 14.4 Å². The van der Waals surface area contributed by atoms with Gasteiger partial charge in [0, 0.05) is 12.2 Å². The predicted molar refractivity (Wildman–Crippen MR) is 130 cm³/mol. The van der Waals surface area contributed by atoms with Gasteiger partial charge >= 0.3 is 5.97 Å². The fraction of sp³-hybridized carbons (Fsp3) is 0.240. The highest BCUT2D eigenvalue weighted by atomic mass is 32.2. The Balaban J connectivity index is 1.53. The third-order valence-corrected chi connectivity index (χ3v) is 5.97. The van der Waals surface area contributed by atoms with Gasteiger partial charge in [-0.25, -0.2) is 14.8 Å². The molecular weight excluding hydrogens is 452 g/mol. The van der Waals surface area contributed by atoms with E-state index in [1.54, 1.807) is 38.1 Å². The molecule has 0 aliphatic carbocycles. The number of aryl methyl sites for hydroxylation is 1. The van der Waals surface area contributed by atoms with Crippen molar-refractivity contribution in [2.75, 3.05) is 24.7 Å². The van der Waals surface area contributed by atoms with E-state index < -0.39 is 5.97 Å². The molecule has 0 fully saturated rings. The molecule has 0 radical (unpaired) electrons. The van der Waals surface area contributed by atoms with E-state index in [1.165, 1.54) is 16.7 Å². The molecule has 2 amide bonds. The number of anilines is 2. The zero-order valence-corrected chi connectivity index (χ0v) is 19.9. The average Bonchev–Trinajstić information content (AvgIpc) is 3.07. The third-order valence-electron chi connectivity index (χ3n) is 5.42. The smallest absolute Gasteiger partial charge is 0.343 e. The summed E-state index contributed by atoms with van der Waals surface area (Å²) in [6, 6.07) is 14.4. The van der Waals surface area contributed by atoms with Gasteiger partial charge in [0.15, 0.2) is 5.16 Å². The van der Waals surface area contributed by atoms with Crippen molar-refractivity contribution in [1.82, 2.24) is 14.9 Å². The molecule has 1 N–H and O–H groups in total. The zero-order valence-electron chi connectivity index (χ0n) is 19.1. The van der Waals surface area contributed by atoms with Gasteiger partial charge in [0.05, 0.1) is 23.4 Å². The highest BCUT2D eigenvalue weighted by molar-refractivity contribution is 7.98. The van der Waals surface area contributed by atoms with Crippen LogP contribution in [0.4, 0.5) is 11.5 Å². The van der Waals surface area contributed by atoms with E-state index in [0.29, 0.717) is 34.2 Å². The molecule has 1 aliphatic heterocycles. The molecule has 0 spiro atoms. The lowest BCUT2D eigenvalue weighted by molar-refractivity contribution is 0.0524. The lowest BCUT2D eigenvalue weighted by Crippen LogP contribution is -2.31. The summed E-state index contributed by atoms with van der Waals surface area (Å²) in [5.74, 6) is -0.658. The molecule has 4 rings (SSSR count). The first kappa shape index (κ1) is 23.4. The third kappa shape index (κ3) is 4.65. The molecule has 0 saturated carbocycles. The number of hydrogen-bond acceptors (Lipinski definition) is 8. The first-order chi connectivity index (χ1) is 16.4. The number of nitrogens with zero attached hydrogens (tertiary/aromatic N) is 3. The lowest BCUT2D eigenvalue weighted by Gasteiger charge is -2.15. The summed E-state index contributed by atoms with van der Waals surface area (Å²) in [4.78, 5) is 47.9. The number of nitrogens with one attached hydrogen (secondary N) is 1. The van der Waals surface area contributed by atoms with E-state index in [0.717, 1.165) is 11.3 Å². The molecule has 174 valence electrons. The number of fused-ring (bicyclic) bond motifs is 1. The number of thioether (sulfide) groups is 1. The van der Waals surface area contributed by atoms with Crippen molar-refractivity contribution < 1.29 is 19.1 Å². The number of carbonyl (C=O) groups is 3. The highest BCUT2D eigenvalue weighted by Gasteiger charge is 2.34. The van der Waals surface area contributed by atoms with Crippen LogP contribution in [0.1, 0.15) is 49.3 Å². The summed E-state index contributed by atoms with van der Waals surface area (Å²) < 4.78 is 5.19. The Morgan fingerprint density at radius 3 is 2.41 bits per heavy atom. The van der Waals surface area contributed by atoms with Gasteiger partial charge in [-0.05, 0) is 56.4 Å². The predicted octanol–water partition coefficient (Wildman–Crippen LogP) is 4.27. The summed E-state index contributed by atoms with van der Waals surface area (Å²) in [7, 11) is 0. The maximum Gasteiger partial charge on any atom is 0.343 e. The molecule has 9 heteroatoms. The molecule has 0 atom stereocenters. The molecular formula is C25H24N4O4S. The highest BCUT2D eigenvalue weighted by Crippen LogP contribution is 2.26. The minimum absolute atomic E-state index is 0.245. The van der Waals surface area contributed by atoms with Crippen LogP contribution in [0.25, 0.3) is 0 Å². The van der Waals surface area contributed by atoms with Crippen LogP contribution in [-0.4, -0.2) is 52.1 Å². The molecule has 0 saturated heterocycles. The number of hydrogen-bond donors (Lipinski definition) is 1. The SMILES string of the molecule is CCOC(=O)c1c(C)nc(SC)nc1Nc1cccc(CCN2C(=O)c3ccccc3C2=O)c1. The van der Waals surface area contributed by atoms with Gasteiger partial charge in [0.2, 0.25) is 0 Å². The summed E-state index contributed by atoms with van der Waals surface area (Å²) >= 11 is 1.38. The maximum atomic E-state index is 12.6. The molecule has 2 aromatic carbocycles. The number of amides is 2. The van der Waals surface area contributed by atoms with Crippen LogP contribution in [0, 0.1) is 6.92 Å². The van der Waals surface area contributed by atoms with Crippen LogP contribution in [0.5, 0.6) is 0 Å². The normalized spacial score (nSPS) is 12.6. The topological polar surface area (TPSA) is 101 Å². The Morgan fingerprint density at radius 1 is 1.06 bits per heavy atom. The second-order valence-corrected chi connectivity index (χ2v) is 8.40. The van der Waals surface area contributed by atoms with Crippen LogP contribution in [0.15, 0.2) is 53.7 Å². The Morgan fingerprint density at radius 2 is 1.76 bits per heavy atom. The Hall–Kier alpha value is -3.72. The van der Waals surface area contributed by atoms with Gasteiger partial charge in [-0.2, -0.15) is 0 Å². The van der Waals surface area contributed by atoms with Gasteiger partial charge in [-0.1, -0.05) is 36.0 Å². The van der Waals surface area contributed by atoms with E-state index in [2.05, 4.69) is 15.3 Å². The van der Waals surface area contributed by atoms with Gasteiger partial charge in [-0.15, -0.1) is 0 Å². The van der Waals surface area contributed by atoms with E-state index in [-0.39, 0.29) is 30.5 Å². The van der Waals surface area contributed by atoms with Crippen molar-refractivity contribution in [2.24, 2.45) is 0 Å². The average molecular weight is 477 g/mol. The summed E-state index contributed by atoms with van der Waals surface area (Å²) in [5, 5.41) is 3.75. The van der Waals surface area contributed by atoms with Gasteiger partial charge in [-0.3, -0.25) is 14.5 Å². The molecule has 0 unspecified atom stereocenters. The first-order valence-corrected chi connectivity index (χ1v) is 12.1. The van der Waals surface area contributed by atoms with Crippen LogP contribution in [-0.2, 0) is 11.2 Å². The van der Waals surface area contributed by atoms with E-state index >= 15 is 0 Å². The molecule has 3 aromatic rings. The molecule has 2 heterocycles. The number of ether oxygens (including phenoxy) is 1. The van der Waals surface area contributed by atoms with Gasteiger partial charge in [0.1, 0.15) is 11.4 Å². The second-order valence-electron chi connectivity index (χ2n) is 7.62. The largest absolute Gasteiger partial charge is 0.462 e. The fourth-order valence-electron chi connectivity index (χ4n) is 3.80. The minimum Gasteiger partial charge on any atom is -0.462 e. The number of rotatable bonds is 8. The number of benzene rings is 2. The monoisotopic (exact) mass is 476 g/mol. The number of aromatic nitrogens is 2. The van der Waals surface area contributed by atoms with Crippen molar-refractivity contribution in [3.8, 4) is 0 Å². The second kappa shape index (κ2) is 10.0. The van der Waals surface area contributed by atoms with E-state index in [1.807, 2.05) is 30.5 Å². The zero-order chi connectivity index (χ0) is 24.2. The lowest BCUT2D eigenvalue weighted by atomic mass is 10.1. The molecule has 1 aliphatic rings. The summed E-state index contributed by atoms with van der Waals surface area (Å²) in [6.45, 7) is 4.01. The van der Waals surface area contributed by atoms with Gasteiger partial charge < -0.3 is 10.1 Å². The number of esters is 1. The van der Waals surface area contributed by atoms with Crippen LogP contribution in [0.3, 0.4) is 0 Å². The fourth-order valence-corrected chi connectivity index (χ4v) is 4.21. The van der Waals surface area contributed by atoms with E-state index in [4.69, 9.17) is 4.74 Å². The molecule has 8 nitrogen and oxygen atoms in total. The molecule has 1 aromatic heterocycles. The van der Waals surface area contributed by atoms with Crippen LogP contribution < -0.4 is 5.32 Å². The Labute approximate surface area is 201 Å². The number of imide groups is 1. The van der Waals surface area contributed by atoms with Crippen molar-refractivity contribution >= 4 is 41.1 Å². The summed E-state index contributed by atoms with van der Waals surface area (Å²) in [6.07, 6.45) is 2.35. The molecule has 0 bridgehead atoms. The quantitative estimate of drug-likeness (QED) is 0.223. The molecule has 34 heavy (non-hydrogen) atoms. The standard InChI is InChI=1S/C25H24N4O4S/c1-4-33-24(32)20-15(2)26-25(34-3)28-21(20)27-17-9-7-8-16(14-17)12-13-29-22(30)18-10-5-6-11-19(18)23(29)31/h5-11,14H,4,12-13H2,1-3H3,(H,26,27,28). The van der Waals surface area contributed by atoms with Crippen molar-refractivity contribution in [1.29, 1.82) is 0 Å². The van der Waals surface area contributed by atoms with Crippen molar-refractivity contribution in [2.45, 2.75) is 25.4 Å². The van der Waals surface area contributed by atoms with Gasteiger partial charge in [0.25, 0.3) is 11.8 Å². The van der Waals surface area contributed by atoms with Crippen molar-refractivity contribution in [3.63, 3.8) is 0 Å². The summed E-state index contributed by atoms with van der Waals surface area (Å²) in [5.41, 5.74) is 3.35. The van der Waals surface area contributed by atoms with Crippen molar-refractivity contribution in [3.05, 3.63) is 76.5 Å².